The van der Waals surface area contributed by atoms with E-state index in [9.17, 15) is 19.5 Å². The number of aliphatic hydroxyl groups excluding tert-OH is 1. The molecule has 1 saturated carbocycles. The highest BCUT2D eigenvalue weighted by molar-refractivity contribution is 6.00. The van der Waals surface area contributed by atoms with Gasteiger partial charge in [0, 0.05) is 57.3 Å². The summed E-state index contributed by atoms with van der Waals surface area (Å²) in [5, 5.41) is 16.0. The lowest BCUT2D eigenvalue weighted by Gasteiger charge is -2.38. The smallest absolute Gasteiger partial charge is 0.317 e. The van der Waals surface area contributed by atoms with E-state index in [4.69, 9.17) is 9.47 Å². The fourth-order valence-corrected chi connectivity index (χ4v) is 5.71. The number of anilines is 1. The summed E-state index contributed by atoms with van der Waals surface area (Å²) in [5.74, 6) is -0.104. The van der Waals surface area contributed by atoms with Gasteiger partial charge in [-0.05, 0) is 38.0 Å². The van der Waals surface area contributed by atoms with Crippen molar-refractivity contribution in [2.24, 2.45) is 5.92 Å². The molecule has 3 atom stereocenters. The number of benzene rings is 1. The number of hydrogen-bond donors (Lipinski definition) is 3. The first kappa shape index (κ1) is 31.1. The summed E-state index contributed by atoms with van der Waals surface area (Å²) in [5.41, 5.74) is 0.834. The number of morpholine rings is 1. The number of carbonyl (C=O) groups is 3. The molecule has 1 saturated heterocycles. The Morgan fingerprint density at radius 1 is 1.17 bits per heavy atom. The zero-order valence-corrected chi connectivity index (χ0v) is 24.8. The molecule has 1 aromatic rings. The minimum Gasteiger partial charge on any atom is -0.487 e. The third-order valence-electron chi connectivity index (χ3n) is 8.44. The minimum atomic E-state index is -0.407. The van der Waals surface area contributed by atoms with Crippen LogP contribution >= 0.6 is 0 Å². The van der Waals surface area contributed by atoms with Crippen LogP contribution in [0.2, 0.25) is 0 Å². The van der Waals surface area contributed by atoms with Gasteiger partial charge in [0.15, 0.2) is 0 Å². The molecule has 2 aliphatic heterocycles. The molecule has 4 amide bonds. The molecule has 2 heterocycles. The predicted octanol–water partition coefficient (Wildman–Crippen LogP) is 2.54. The summed E-state index contributed by atoms with van der Waals surface area (Å²) < 4.78 is 11.8. The van der Waals surface area contributed by atoms with Gasteiger partial charge in [0.25, 0.3) is 5.91 Å². The topological polar surface area (TPSA) is 124 Å². The van der Waals surface area contributed by atoms with Gasteiger partial charge in [-0.3, -0.25) is 14.5 Å². The van der Waals surface area contributed by atoms with Crippen molar-refractivity contribution < 1.29 is 29.0 Å². The first-order valence-electron chi connectivity index (χ1n) is 15.1. The normalized spacial score (nSPS) is 23.0. The van der Waals surface area contributed by atoms with E-state index in [1.807, 2.05) is 13.8 Å². The van der Waals surface area contributed by atoms with E-state index in [-0.39, 0.29) is 42.5 Å². The lowest BCUT2D eigenvalue weighted by atomic mass is 9.96. The van der Waals surface area contributed by atoms with Gasteiger partial charge < -0.3 is 35.0 Å². The number of hydrogen-bond acceptors (Lipinski definition) is 7. The Bertz CT molecular complexity index is 1040. The summed E-state index contributed by atoms with van der Waals surface area (Å²) in [6.45, 7) is 7.95. The van der Waals surface area contributed by atoms with Gasteiger partial charge in [0.1, 0.15) is 11.9 Å². The Morgan fingerprint density at radius 2 is 1.90 bits per heavy atom. The molecule has 3 N–H and O–H groups in total. The van der Waals surface area contributed by atoms with Crippen LogP contribution in [0.25, 0.3) is 0 Å². The largest absolute Gasteiger partial charge is 0.487 e. The molecule has 0 spiro atoms. The van der Waals surface area contributed by atoms with Gasteiger partial charge in [-0.15, -0.1) is 0 Å². The Labute approximate surface area is 243 Å². The van der Waals surface area contributed by atoms with E-state index in [2.05, 4.69) is 15.5 Å². The monoisotopic (exact) mass is 573 g/mol. The van der Waals surface area contributed by atoms with Crippen LogP contribution in [0.15, 0.2) is 18.2 Å². The fraction of sp³-hybridized carbons (Fsp3) is 0.700. The van der Waals surface area contributed by atoms with Crippen molar-refractivity contribution in [3.63, 3.8) is 0 Å². The molecule has 0 unspecified atom stereocenters. The zero-order valence-electron chi connectivity index (χ0n) is 24.8. The maximum atomic E-state index is 13.7. The van der Waals surface area contributed by atoms with Crippen molar-refractivity contribution in [1.82, 2.24) is 20.0 Å². The first-order chi connectivity index (χ1) is 19.7. The van der Waals surface area contributed by atoms with Crippen LogP contribution in [0.5, 0.6) is 5.75 Å². The molecule has 41 heavy (non-hydrogen) atoms. The Balaban J connectivity index is 1.47. The highest BCUT2D eigenvalue weighted by atomic mass is 16.5. The van der Waals surface area contributed by atoms with Gasteiger partial charge in [0.05, 0.1) is 38.0 Å². The third-order valence-corrected chi connectivity index (χ3v) is 8.44. The van der Waals surface area contributed by atoms with Crippen LogP contribution in [-0.4, -0.2) is 115 Å². The molecule has 0 radical (unpaired) electrons. The van der Waals surface area contributed by atoms with E-state index >= 15 is 0 Å². The van der Waals surface area contributed by atoms with Crippen molar-refractivity contribution >= 4 is 23.5 Å². The van der Waals surface area contributed by atoms with Crippen molar-refractivity contribution in [3.05, 3.63) is 23.8 Å². The average molecular weight is 574 g/mol. The molecule has 4 rings (SSSR count). The van der Waals surface area contributed by atoms with E-state index in [1.54, 1.807) is 35.0 Å². The second-order valence-corrected chi connectivity index (χ2v) is 11.8. The number of urea groups is 1. The standard InChI is InChI=1S/C30H47N5O6/c1-21-18-35(22(2)20-36)29(38)25-17-24(31-28(37)11-12-34-13-15-40-16-14-34)9-10-26(25)41-27(21)19-33(3)30(39)32-23-7-5-4-6-8-23/h9-10,17,21-23,27,36H,4-8,11-16,18-20H2,1-3H3,(H,31,37)(H,32,39)/t21-,22+,27+/m0/s1. The minimum absolute atomic E-state index is 0.106. The molecule has 2 fully saturated rings. The Morgan fingerprint density at radius 3 is 2.61 bits per heavy atom. The molecule has 0 bridgehead atoms. The van der Waals surface area contributed by atoms with Crippen LogP contribution < -0.4 is 15.4 Å². The molecule has 11 heteroatoms. The van der Waals surface area contributed by atoms with Crippen molar-refractivity contribution in [2.75, 3.05) is 64.9 Å². The van der Waals surface area contributed by atoms with Gasteiger partial charge in [-0.25, -0.2) is 4.79 Å². The van der Waals surface area contributed by atoms with Gasteiger partial charge in [0.2, 0.25) is 5.91 Å². The average Bonchev–Trinajstić information content (AvgIpc) is 2.98. The van der Waals surface area contributed by atoms with Crippen LogP contribution in [0.4, 0.5) is 10.5 Å². The molecule has 0 aromatic heterocycles. The second-order valence-electron chi connectivity index (χ2n) is 11.8. The van der Waals surface area contributed by atoms with E-state index < -0.39 is 6.04 Å². The number of nitrogens with one attached hydrogen (secondary N) is 2. The predicted molar refractivity (Wildman–Crippen MR) is 156 cm³/mol. The summed E-state index contributed by atoms with van der Waals surface area (Å²) >= 11 is 0. The van der Waals surface area contributed by atoms with Gasteiger partial charge >= 0.3 is 6.03 Å². The maximum absolute atomic E-state index is 13.7. The van der Waals surface area contributed by atoms with Crippen LogP contribution in [0.3, 0.4) is 0 Å². The number of amides is 4. The zero-order chi connectivity index (χ0) is 29.4. The van der Waals surface area contributed by atoms with Crippen LogP contribution in [0.1, 0.15) is 62.7 Å². The van der Waals surface area contributed by atoms with Crippen LogP contribution in [0, 0.1) is 5.92 Å². The molecule has 228 valence electrons. The molecular weight excluding hydrogens is 526 g/mol. The quantitative estimate of drug-likeness (QED) is 0.415. The number of carbonyl (C=O) groups excluding carboxylic acids is 3. The van der Waals surface area contributed by atoms with Crippen molar-refractivity contribution in [2.45, 2.75) is 70.6 Å². The van der Waals surface area contributed by atoms with E-state index in [0.29, 0.717) is 56.3 Å². The van der Waals surface area contributed by atoms with E-state index in [0.717, 1.165) is 38.8 Å². The van der Waals surface area contributed by atoms with Crippen LogP contribution in [-0.2, 0) is 9.53 Å². The SMILES string of the molecule is C[C@H](CO)N1C[C@H](C)[C@@H](CN(C)C(=O)NC2CCCCC2)Oc2ccc(NC(=O)CCN3CCOCC3)cc2C1=O. The highest BCUT2D eigenvalue weighted by Gasteiger charge is 2.34. The lowest BCUT2D eigenvalue weighted by Crippen LogP contribution is -2.52. The highest BCUT2D eigenvalue weighted by Crippen LogP contribution is 2.31. The van der Waals surface area contributed by atoms with E-state index in [1.165, 1.54) is 6.42 Å². The molecule has 1 aliphatic carbocycles. The summed E-state index contributed by atoms with van der Waals surface area (Å²) in [7, 11) is 1.77. The molecule has 3 aliphatic rings. The fourth-order valence-electron chi connectivity index (χ4n) is 5.71. The summed E-state index contributed by atoms with van der Waals surface area (Å²) in [6, 6.07) is 4.77. The maximum Gasteiger partial charge on any atom is 0.317 e. The lowest BCUT2D eigenvalue weighted by molar-refractivity contribution is -0.116. The first-order valence-corrected chi connectivity index (χ1v) is 15.1. The number of ether oxygens (including phenoxy) is 2. The third kappa shape index (κ3) is 8.56. The summed E-state index contributed by atoms with van der Waals surface area (Å²) in [4.78, 5) is 44.9. The molecule has 11 nitrogen and oxygen atoms in total. The number of fused-ring (bicyclic) bond motifs is 1. The molecule has 1 aromatic carbocycles. The number of aliphatic hydroxyl groups is 1. The van der Waals surface area contributed by atoms with Gasteiger partial charge in [-0.1, -0.05) is 26.2 Å². The van der Waals surface area contributed by atoms with Crippen molar-refractivity contribution in [3.8, 4) is 5.75 Å². The number of nitrogens with zero attached hydrogens (tertiary/aromatic N) is 3. The number of likely N-dealkylation sites (N-methyl/N-ethyl adjacent to an activating group) is 1. The van der Waals surface area contributed by atoms with Crippen molar-refractivity contribution in [1.29, 1.82) is 0 Å². The second kappa shape index (κ2) is 14.8. The Hall–Kier alpha value is -2.89. The van der Waals surface area contributed by atoms with Gasteiger partial charge in [-0.2, -0.15) is 0 Å². The Kier molecular flexibility index (Phi) is 11.2. The number of rotatable bonds is 9. The summed E-state index contributed by atoms with van der Waals surface area (Å²) in [6.07, 6.45) is 5.46. The molecular formula is C30H47N5O6.